The third-order valence-electron chi connectivity index (χ3n) is 5.74. The van der Waals surface area contributed by atoms with Crippen LogP contribution in [0.3, 0.4) is 0 Å². The number of Topliss-reactive ketones (excluding diaryl/α,β-unsaturated/α-hetero) is 1. The Labute approximate surface area is 166 Å². The zero-order valence-electron chi connectivity index (χ0n) is 15.5. The van der Waals surface area contributed by atoms with Crippen molar-refractivity contribution in [2.45, 2.75) is 36.2 Å². The molecular formula is C20H22BrNO5. The van der Waals surface area contributed by atoms with E-state index in [1.54, 1.807) is 32.2 Å². The maximum atomic E-state index is 13.3. The average Bonchev–Trinajstić information content (AvgIpc) is 2.93. The molecule has 1 saturated carbocycles. The number of carbonyl (C=O) groups excluding carboxylic acids is 2. The van der Waals surface area contributed by atoms with Gasteiger partial charge in [0.25, 0.3) is 5.91 Å². The predicted molar refractivity (Wildman–Crippen MR) is 102 cm³/mol. The number of amides is 1. The van der Waals surface area contributed by atoms with E-state index >= 15 is 0 Å². The van der Waals surface area contributed by atoms with Gasteiger partial charge in [-0.1, -0.05) is 22.0 Å². The summed E-state index contributed by atoms with van der Waals surface area (Å²) in [5, 5.41) is 0. The fourth-order valence-corrected chi connectivity index (χ4v) is 5.01. The maximum Gasteiger partial charge on any atom is 0.289 e. The Morgan fingerprint density at radius 3 is 2.59 bits per heavy atom. The fourth-order valence-electron chi connectivity index (χ4n) is 4.34. The monoisotopic (exact) mass is 435 g/mol. The first-order valence-electron chi connectivity index (χ1n) is 9.04. The van der Waals surface area contributed by atoms with Crippen molar-refractivity contribution in [1.29, 1.82) is 0 Å². The highest BCUT2D eigenvalue weighted by molar-refractivity contribution is 9.09. The summed E-state index contributed by atoms with van der Waals surface area (Å²) < 4.78 is 16.8. The Balaban J connectivity index is 1.77. The second-order valence-corrected chi connectivity index (χ2v) is 8.51. The highest BCUT2D eigenvalue weighted by Gasteiger charge is 2.51. The third kappa shape index (κ3) is 2.83. The Morgan fingerprint density at radius 1 is 1.15 bits per heavy atom. The molecule has 144 valence electrons. The normalized spacial score (nSPS) is 30.0. The van der Waals surface area contributed by atoms with E-state index in [1.165, 1.54) is 0 Å². The lowest BCUT2D eigenvalue weighted by Gasteiger charge is -2.37. The molecule has 4 atom stereocenters. The standard InChI is InChI=1S/C20H22BrNO5/c1-22-17(10-4-6-14(25-2)15(8-10)26-3)16-18(23)12-9-11(21)5-7-13(12)27-19(16)20(22)24/h4,6,8,11-13,17H,5,7,9H2,1-3H3. The molecule has 1 aromatic carbocycles. The zero-order valence-corrected chi connectivity index (χ0v) is 17.1. The molecule has 4 rings (SSSR count). The SMILES string of the molecule is COc1ccc(C2C3=C(OC4CCC(Br)CC4C3=O)C(=O)N2C)cc1OC. The number of nitrogens with zero attached hydrogens (tertiary/aromatic N) is 1. The van der Waals surface area contributed by atoms with Crippen LogP contribution in [0, 0.1) is 5.92 Å². The predicted octanol–water partition coefficient (Wildman–Crippen LogP) is 3.00. The van der Waals surface area contributed by atoms with Crippen LogP contribution in [-0.2, 0) is 14.3 Å². The molecule has 4 unspecified atom stereocenters. The number of hydrogen-bond acceptors (Lipinski definition) is 5. The lowest BCUT2D eigenvalue weighted by molar-refractivity contribution is -0.134. The van der Waals surface area contributed by atoms with Crippen molar-refractivity contribution in [3.8, 4) is 11.5 Å². The van der Waals surface area contributed by atoms with Crippen molar-refractivity contribution >= 4 is 27.6 Å². The number of halogens is 1. The average molecular weight is 436 g/mol. The largest absolute Gasteiger partial charge is 0.493 e. The second kappa shape index (κ2) is 6.86. The molecule has 0 aromatic heterocycles. The molecular weight excluding hydrogens is 414 g/mol. The van der Waals surface area contributed by atoms with Crippen LogP contribution in [0.4, 0.5) is 0 Å². The first-order valence-corrected chi connectivity index (χ1v) is 9.96. The van der Waals surface area contributed by atoms with E-state index in [0.717, 1.165) is 24.8 Å². The lowest BCUT2D eigenvalue weighted by atomic mass is 9.77. The van der Waals surface area contributed by atoms with Crippen molar-refractivity contribution in [3.05, 3.63) is 35.1 Å². The number of likely N-dealkylation sites (N-methyl/N-ethyl adjacent to an activating group) is 1. The Kier molecular flexibility index (Phi) is 4.66. The molecule has 1 amide bonds. The Morgan fingerprint density at radius 2 is 1.89 bits per heavy atom. The molecule has 0 N–H and O–H groups in total. The van der Waals surface area contributed by atoms with Crippen LogP contribution < -0.4 is 9.47 Å². The van der Waals surface area contributed by atoms with Crippen molar-refractivity contribution < 1.29 is 23.8 Å². The minimum absolute atomic E-state index is 0.0304. The molecule has 0 spiro atoms. The van der Waals surface area contributed by atoms with Crippen LogP contribution in [0.2, 0.25) is 0 Å². The van der Waals surface area contributed by atoms with Crippen LogP contribution in [-0.4, -0.2) is 48.8 Å². The van der Waals surface area contributed by atoms with Crippen LogP contribution in [0.5, 0.6) is 11.5 Å². The molecule has 0 radical (unpaired) electrons. The first-order chi connectivity index (χ1) is 13.0. The molecule has 1 aromatic rings. The summed E-state index contributed by atoms with van der Waals surface area (Å²) in [4.78, 5) is 28.0. The number of fused-ring (bicyclic) bond motifs is 1. The number of ketones is 1. The minimum atomic E-state index is -0.476. The molecule has 0 bridgehead atoms. The van der Waals surface area contributed by atoms with Crippen molar-refractivity contribution in [1.82, 2.24) is 4.90 Å². The van der Waals surface area contributed by atoms with E-state index in [-0.39, 0.29) is 29.5 Å². The van der Waals surface area contributed by atoms with Crippen LogP contribution in [0.25, 0.3) is 0 Å². The van der Waals surface area contributed by atoms with E-state index in [9.17, 15) is 9.59 Å². The summed E-state index contributed by atoms with van der Waals surface area (Å²) in [6.45, 7) is 0. The lowest BCUT2D eigenvalue weighted by Crippen LogP contribution is -2.41. The Hall–Kier alpha value is -2.02. The van der Waals surface area contributed by atoms with Crippen LogP contribution >= 0.6 is 15.9 Å². The smallest absolute Gasteiger partial charge is 0.289 e. The van der Waals surface area contributed by atoms with Gasteiger partial charge >= 0.3 is 0 Å². The molecule has 6 nitrogen and oxygen atoms in total. The van der Waals surface area contributed by atoms with Gasteiger partial charge in [-0.3, -0.25) is 9.59 Å². The van der Waals surface area contributed by atoms with Crippen LogP contribution in [0.1, 0.15) is 30.9 Å². The van der Waals surface area contributed by atoms with E-state index in [2.05, 4.69) is 15.9 Å². The highest BCUT2D eigenvalue weighted by Crippen LogP contribution is 2.47. The van der Waals surface area contributed by atoms with Crippen molar-refractivity contribution in [2.24, 2.45) is 5.92 Å². The van der Waals surface area contributed by atoms with Crippen molar-refractivity contribution in [2.75, 3.05) is 21.3 Å². The van der Waals surface area contributed by atoms with E-state index in [1.807, 2.05) is 12.1 Å². The Bertz CT molecular complexity index is 836. The van der Waals surface area contributed by atoms with E-state index < -0.39 is 6.04 Å². The highest BCUT2D eigenvalue weighted by atomic mass is 79.9. The zero-order chi connectivity index (χ0) is 19.3. The minimum Gasteiger partial charge on any atom is -0.493 e. The van der Waals surface area contributed by atoms with Crippen LogP contribution in [0.15, 0.2) is 29.5 Å². The molecule has 7 heteroatoms. The molecule has 0 saturated heterocycles. The van der Waals surface area contributed by atoms with Gasteiger partial charge in [-0.25, -0.2) is 0 Å². The molecule has 1 fully saturated rings. The van der Waals surface area contributed by atoms with Gasteiger partial charge in [0.15, 0.2) is 23.0 Å². The van der Waals surface area contributed by atoms with Gasteiger partial charge in [-0.2, -0.15) is 0 Å². The number of rotatable bonds is 3. The van der Waals surface area contributed by atoms with Gasteiger partial charge in [0.1, 0.15) is 6.10 Å². The summed E-state index contributed by atoms with van der Waals surface area (Å²) >= 11 is 3.64. The summed E-state index contributed by atoms with van der Waals surface area (Å²) in [6.07, 6.45) is 2.25. The third-order valence-corrected chi connectivity index (χ3v) is 6.57. The number of methoxy groups -OCH3 is 2. The molecule has 27 heavy (non-hydrogen) atoms. The summed E-state index contributed by atoms with van der Waals surface area (Å²) in [6, 6.07) is 4.99. The topological polar surface area (TPSA) is 65.1 Å². The van der Waals surface area contributed by atoms with E-state index in [4.69, 9.17) is 14.2 Å². The number of alkyl halides is 1. The van der Waals surface area contributed by atoms with E-state index in [0.29, 0.717) is 21.9 Å². The van der Waals surface area contributed by atoms with Gasteiger partial charge in [-0.15, -0.1) is 0 Å². The second-order valence-electron chi connectivity index (χ2n) is 7.21. The number of carbonyl (C=O) groups is 2. The van der Waals surface area contributed by atoms with Gasteiger partial charge in [0.05, 0.1) is 31.8 Å². The number of benzene rings is 1. The van der Waals surface area contributed by atoms with Crippen molar-refractivity contribution in [3.63, 3.8) is 0 Å². The summed E-state index contributed by atoms with van der Waals surface area (Å²) in [5.74, 6) is 0.967. The number of ether oxygens (including phenoxy) is 3. The molecule has 1 aliphatic carbocycles. The maximum absolute atomic E-state index is 13.3. The van der Waals surface area contributed by atoms with Gasteiger partial charge < -0.3 is 19.1 Å². The molecule has 2 aliphatic heterocycles. The van der Waals surface area contributed by atoms with Gasteiger partial charge in [0, 0.05) is 11.9 Å². The quantitative estimate of drug-likeness (QED) is 0.682. The summed E-state index contributed by atoms with van der Waals surface area (Å²) in [7, 11) is 4.84. The molecule has 2 heterocycles. The first kappa shape index (κ1) is 18.3. The molecule has 3 aliphatic rings. The fraction of sp³-hybridized carbons (Fsp3) is 0.500. The van der Waals surface area contributed by atoms with Gasteiger partial charge in [-0.05, 0) is 37.0 Å². The number of hydrogen-bond donors (Lipinski definition) is 0. The summed E-state index contributed by atoms with van der Waals surface area (Å²) in [5.41, 5.74) is 1.27. The van der Waals surface area contributed by atoms with Gasteiger partial charge in [0.2, 0.25) is 0 Å².